The molecule has 0 aliphatic carbocycles. The lowest BCUT2D eigenvalue weighted by atomic mass is 9.88. The third-order valence-electron chi connectivity index (χ3n) is 6.08. The largest absolute Gasteiger partial charge is 0.492 e. The zero-order valence-electron chi connectivity index (χ0n) is 17.4. The topological polar surface area (TPSA) is 62.3 Å². The molecule has 0 fully saturated rings. The summed E-state index contributed by atoms with van der Waals surface area (Å²) < 4.78 is 35.9. The molecule has 160 valence electrons. The fourth-order valence-corrected chi connectivity index (χ4v) is 4.44. The molecular formula is C24H23FNO5+. The number of furan rings is 1. The molecule has 7 heteroatoms. The van der Waals surface area contributed by atoms with Crippen LogP contribution in [0.5, 0.6) is 17.2 Å². The van der Waals surface area contributed by atoms with Crippen LogP contribution in [0, 0.1) is 5.82 Å². The highest BCUT2D eigenvalue weighted by atomic mass is 19.1. The minimum absolute atomic E-state index is 0.0923. The predicted octanol–water partition coefficient (Wildman–Crippen LogP) is 3.21. The van der Waals surface area contributed by atoms with Gasteiger partial charge in [-0.3, -0.25) is 4.79 Å². The van der Waals surface area contributed by atoms with E-state index in [9.17, 15) is 9.18 Å². The van der Waals surface area contributed by atoms with Crippen molar-refractivity contribution in [2.75, 3.05) is 27.5 Å². The van der Waals surface area contributed by atoms with Crippen LogP contribution in [0.15, 0.2) is 46.9 Å². The second kappa shape index (κ2) is 7.74. The molecule has 1 aromatic heterocycles. The van der Waals surface area contributed by atoms with E-state index < -0.39 is 0 Å². The van der Waals surface area contributed by atoms with Crippen LogP contribution in [-0.2, 0) is 6.42 Å². The van der Waals surface area contributed by atoms with Gasteiger partial charge in [-0.1, -0.05) is 0 Å². The average Bonchev–Trinajstić information content (AvgIpc) is 3.44. The molecule has 1 unspecified atom stereocenters. The molecule has 2 aliphatic rings. The molecule has 0 amide bonds. The van der Waals surface area contributed by atoms with E-state index in [4.69, 9.17) is 18.6 Å². The molecule has 2 atom stereocenters. The molecule has 2 aliphatic heterocycles. The van der Waals surface area contributed by atoms with Gasteiger partial charge in [0.1, 0.15) is 17.6 Å². The van der Waals surface area contributed by atoms with Crippen molar-refractivity contribution in [3.63, 3.8) is 0 Å². The number of benzene rings is 2. The Kier molecular flexibility index (Phi) is 4.90. The molecule has 3 aromatic rings. The highest BCUT2D eigenvalue weighted by molar-refractivity contribution is 5.94. The van der Waals surface area contributed by atoms with Gasteiger partial charge in [0.05, 0.1) is 32.7 Å². The Balaban J connectivity index is 1.44. The van der Waals surface area contributed by atoms with Gasteiger partial charge in [0.25, 0.3) is 0 Å². The van der Waals surface area contributed by atoms with Crippen molar-refractivity contribution in [2.24, 2.45) is 0 Å². The zero-order chi connectivity index (χ0) is 21.5. The lowest BCUT2D eigenvalue weighted by molar-refractivity contribution is -0.913. The number of hydrogen-bond acceptors (Lipinski definition) is 5. The normalized spacial score (nSPS) is 19.2. The molecular weight excluding hydrogens is 401 g/mol. The molecule has 0 saturated heterocycles. The van der Waals surface area contributed by atoms with E-state index in [1.807, 2.05) is 6.07 Å². The summed E-state index contributed by atoms with van der Waals surface area (Å²) in [7, 11) is 3.69. The number of halogens is 1. The number of ether oxygens (including phenoxy) is 3. The number of nitrogens with one attached hydrogen (secondary N) is 1. The number of hydrogen-bond donors (Lipinski definition) is 1. The summed E-state index contributed by atoms with van der Waals surface area (Å²) in [5, 5.41) is 0. The number of methoxy groups -OCH3 is 1. The van der Waals surface area contributed by atoms with E-state index in [-0.39, 0.29) is 30.9 Å². The standard InChI is InChI=1S/C24H22FNO5/c1-26-10-9-15-11-21-23(30-13-29-21)24(28-2)22(15)17(26)12-18(27)20-8-7-19(31-20)14-3-5-16(25)6-4-14/h3-8,11,17H,9-10,12-13H2,1-2H3/p+1/t17-/m1/s1. The van der Waals surface area contributed by atoms with E-state index in [1.165, 1.54) is 17.0 Å². The maximum absolute atomic E-state index is 13.2. The number of likely N-dealkylation sites (N-methyl/N-ethyl adjacent to an activating group) is 1. The van der Waals surface area contributed by atoms with Gasteiger partial charge in [0, 0.05) is 12.0 Å². The Hall–Kier alpha value is -3.32. The van der Waals surface area contributed by atoms with Gasteiger partial charge in [-0.15, -0.1) is 0 Å². The molecule has 5 rings (SSSR count). The number of carbonyl (C=O) groups is 1. The van der Waals surface area contributed by atoms with Crippen LogP contribution in [0.3, 0.4) is 0 Å². The number of quaternary nitrogens is 1. The predicted molar refractivity (Wildman–Crippen MR) is 110 cm³/mol. The zero-order valence-corrected chi connectivity index (χ0v) is 17.4. The summed E-state index contributed by atoms with van der Waals surface area (Å²) in [5.41, 5.74) is 2.84. The monoisotopic (exact) mass is 424 g/mol. The summed E-state index contributed by atoms with van der Waals surface area (Å²) in [6.07, 6.45) is 1.14. The summed E-state index contributed by atoms with van der Waals surface area (Å²) in [4.78, 5) is 14.4. The van der Waals surface area contributed by atoms with Crippen molar-refractivity contribution in [3.8, 4) is 28.6 Å². The number of Topliss-reactive ketones (excluding diaryl/α,β-unsaturated/α-hetero) is 1. The molecule has 31 heavy (non-hydrogen) atoms. The first kappa shape index (κ1) is 19.6. The molecule has 3 heterocycles. The van der Waals surface area contributed by atoms with E-state index >= 15 is 0 Å². The van der Waals surface area contributed by atoms with E-state index in [2.05, 4.69) is 7.05 Å². The third kappa shape index (κ3) is 3.45. The number of rotatable bonds is 5. The lowest BCUT2D eigenvalue weighted by Crippen LogP contribution is -3.10. The number of ketones is 1. The maximum atomic E-state index is 13.2. The SMILES string of the molecule is COc1c2c(cc3c1[C@@H](CC(=O)c1ccc(-c4ccc(F)cc4)o1)[NH+](C)CC3)OCO2. The van der Waals surface area contributed by atoms with Crippen molar-refractivity contribution < 1.29 is 32.7 Å². The fraction of sp³-hybridized carbons (Fsp3) is 0.292. The van der Waals surface area contributed by atoms with Gasteiger partial charge in [-0.2, -0.15) is 0 Å². The fourth-order valence-electron chi connectivity index (χ4n) is 4.44. The van der Waals surface area contributed by atoms with Crippen LogP contribution >= 0.6 is 0 Å². The molecule has 1 N–H and O–H groups in total. The minimum Gasteiger partial charge on any atom is -0.492 e. The number of fused-ring (bicyclic) bond motifs is 2. The summed E-state index contributed by atoms with van der Waals surface area (Å²) in [6, 6.07) is 11.3. The van der Waals surface area contributed by atoms with Gasteiger partial charge >= 0.3 is 0 Å². The van der Waals surface area contributed by atoms with E-state index in [0.29, 0.717) is 28.8 Å². The average molecular weight is 424 g/mol. The summed E-state index contributed by atoms with van der Waals surface area (Å²) in [5.74, 6) is 2.36. The van der Waals surface area contributed by atoms with Gasteiger partial charge in [0.15, 0.2) is 17.3 Å². The molecule has 0 bridgehead atoms. The van der Waals surface area contributed by atoms with Gasteiger partial charge in [0.2, 0.25) is 18.3 Å². The molecule has 0 saturated carbocycles. The lowest BCUT2D eigenvalue weighted by Gasteiger charge is -2.32. The van der Waals surface area contributed by atoms with Crippen molar-refractivity contribution >= 4 is 5.78 Å². The first-order chi connectivity index (χ1) is 15.0. The first-order valence-electron chi connectivity index (χ1n) is 10.3. The Morgan fingerprint density at radius 1 is 1.19 bits per heavy atom. The Morgan fingerprint density at radius 3 is 2.77 bits per heavy atom. The van der Waals surface area contributed by atoms with Crippen LogP contribution in [-0.4, -0.2) is 33.3 Å². The Labute approximate surface area is 179 Å². The molecule has 0 radical (unpaired) electrons. The van der Waals surface area contributed by atoms with Crippen LogP contribution in [0.4, 0.5) is 4.39 Å². The van der Waals surface area contributed by atoms with Crippen molar-refractivity contribution in [1.82, 2.24) is 0 Å². The van der Waals surface area contributed by atoms with Gasteiger partial charge < -0.3 is 23.5 Å². The third-order valence-corrected chi connectivity index (χ3v) is 6.08. The second-order valence-corrected chi connectivity index (χ2v) is 7.91. The van der Waals surface area contributed by atoms with Gasteiger partial charge in [-0.25, -0.2) is 4.39 Å². The first-order valence-corrected chi connectivity index (χ1v) is 10.3. The summed E-state index contributed by atoms with van der Waals surface area (Å²) in [6.45, 7) is 1.06. The van der Waals surface area contributed by atoms with Crippen LogP contribution in [0.25, 0.3) is 11.3 Å². The molecule has 6 nitrogen and oxygen atoms in total. The highest BCUT2D eigenvalue weighted by Crippen LogP contribution is 2.48. The minimum atomic E-state index is -0.316. The van der Waals surface area contributed by atoms with E-state index in [1.54, 1.807) is 31.4 Å². The smallest absolute Gasteiger partial charge is 0.231 e. The highest BCUT2D eigenvalue weighted by Gasteiger charge is 2.38. The van der Waals surface area contributed by atoms with Crippen molar-refractivity contribution in [1.29, 1.82) is 0 Å². The number of carbonyl (C=O) groups excluding carboxylic acids is 1. The van der Waals surface area contributed by atoms with Crippen LogP contribution in [0.2, 0.25) is 0 Å². The summed E-state index contributed by atoms with van der Waals surface area (Å²) >= 11 is 0. The Bertz CT molecular complexity index is 1140. The maximum Gasteiger partial charge on any atom is 0.231 e. The second-order valence-electron chi connectivity index (χ2n) is 7.91. The Morgan fingerprint density at radius 2 is 2.00 bits per heavy atom. The van der Waals surface area contributed by atoms with Crippen LogP contribution < -0.4 is 19.1 Å². The quantitative estimate of drug-likeness (QED) is 0.638. The van der Waals surface area contributed by atoms with Crippen molar-refractivity contribution in [2.45, 2.75) is 18.9 Å². The van der Waals surface area contributed by atoms with Crippen LogP contribution in [0.1, 0.15) is 34.1 Å². The van der Waals surface area contributed by atoms with Gasteiger partial charge in [-0.05, 0) is 48.0 Å². The van der Waals surface area contributed by atoms with Crippen molar-refractivity contribution in [3.05, 3.63) is 65.2 Å². The molecule has 2 aromatic carbocycles. The van der Waals surface area contributed by atoms with E-state index in [0.717, 1.165) is 29.7 Å². The molecule has 0 spiro atoms.